The van der Waals surface area contributed by atoms with Crippen LogP contribution in [0.4, 0.5) is 8.78 Å². The fourth-order valence-electron chi connectivity index (χ4n) is 4.27. The van der Waals surface area contributed by atoms with Gasteiger partial charge >= 0.3 is 0 Å². The maximum Gasteiger partial charge on any atom is 0.166 e. The third-order valence-electron chi connectivity index (χ3n) is 5.73. The summed E-state index contributed by atoms with van der Waals surface area (Å²) in [4.78, 5) is 0. The summed E-state index contributed by atoms with van der Waals surface area (Å²) in [6.45, 7) is 2.07. The van der Waals surface area contributed by atoms with Gasteiger partial charge in [0.05, 0.1) is 0 Å². The molecule has 0 N–H and O–H groups in total. The van der Waals surface area contributed by atoms with Gasteiger partial charge in [-0.25, -0.2) is 8.78 Å². The van der Waals surface area contributed by atoms with Gasteiger partial charge < -0.3 is 0 Å². The number of unbranched alkanes of at least 4 members (excludes halogenated alkanes) is 1. The lowest BCUT2D eigenvalue weighted by Gasteiger charge is -2.27. The van der Waals surface area contributed by atoms with Crippen LogP contribution in [0.2, 0.25) is 0 Å². The molecule has 2 aliphatic rings. The van der Waals surface area contributed by atoms with Crippen LogP contribution < -0.4 is 0 Å². The van der Waals surface area contributed by atoms with E-state index in [-0.39, 0.29) is 0 Å². The van der Waals surface area contributed by atoms with Crippen LogP contribution >= 0.6 is 0 Å². The molecule has 1 fully saturated rings. The van der Waals surface area contributed by atoms with Crippen LogP contribution in [0.5, 0.6) is 0 Å². The van der Waals surface area contributed by atoms with Gasteiger partial charge in [0.15, 0.2) is 11.6 Å². The lowest BCUT2D eigenvalue weighted by molar-refractivity contribution is 0.317. The van der Waals surface area contributed by atoms with Gasteiger partial charge in [-0.1, -0.05) is 69.4 Å². The number of hydrogen-bond donors (Lipinski definition) is 0. The average Bonchev–Trinajstić information content (AvgIpc) is 3.14. The Bertz CT molecular complexity index is 621. The minimum Gasteiger partial charge on any atom is -0.203 e. The molecule has 1 aromatic carbocycles. The highest BCUT2D eigenvalue weighted by Gasteiger charge is 2.27. The zero-order chi connectivity index (χ0) is 16.9. The molecule has 0 nitrogen and oxygen atoms in total. The summed E-state index contributed by atoms with van der Waals surface area (Å²) in [7, 11) is 0. The van der Waals surface area contributed by atoms with Crippen molar-refractivity contribution in [2.24, 2.45) is 11.8 Å². The van der Waals surface area contributed by atoms with E-state index in [2.05, 4.69) is 13.0 Å². The highest BCUT2D eigenvalue weighted by atomic mass is 19.2. The second kappa shape index (κ2) is 8.09. The molecule has 0 bridgehead atoms. The Kier molecular flexibility index (Phi) is 5.86. The fraction of sp³-hybridized carbons (Fsp3) is 0.545. The quantitative estimate of drug-likeness (QED) is 0.537. The lowest BCUT2D eigenvalue weighted by atomic mass is 9.78. The van der Waals surface area contributed by atoms with E-state index >= 15 is 0 Å². The molecule has 0 aliphatic heterocycles. The minimum atomic E-state index is -0.710. The van der Waals surface area contributed by atoms with E-state index in [0.717, 1.165) is 49.5 Å². The first kappa shape index (κ1) is 17.4. The molecule has 130 valence electrons. The van der Waals surface area contributed by atoms with Crippen molar-refractivity contribution in [3.8, 4) is 0 Å². The van der Waals surface area contributed by atoms with E-state index in [1.54, 1.807) is 18.2 Å². The van der Waals surface area contributed by atoms with Crippen LogP contribution in [0.3, 0.4) is 0 Å². The largest absolute Gasteiger partial charge is 0.203 e. The molecule has 1 aromatic rings. The molecule has 0 amide bonds. The molecule has 0 aromatic heterocycles. The van der Waals surface area contributed by atoms with Gasteiger partial charge in [-0.2, -0.15) is 0 Å². The van der Waals surface area contributed by atoms with Gasteiger partial charge in [-0.3, -0.25) is 0 Å². The lowest BCUT2D eigenvalue weighted by Crippen LogP contribution is -2.14. The summed E-state index contributed by atoms with van der Waals surface area (Å²) in [6.07, 6.45) is 16.1. The molecule has 2 aliphatic carbocycles. The molecule has 1 saturated carbocycles. The van der Waals surface area contributed by atoms with Crippen molar-refractivity contribution in [2.45, 2.75) is 64.7 Å². The molecule has 3 rings (SSSR count). The van der Waals surface area contributed by atoms with Crippen LogP contribution in [0.1, 0.15) is 75.8 Å². The first-order valence-electron chi connectivity index (χ1n) is 9.54. The second-order valence-electron chi connectivity index (χ2n) is 7.33. The van der Waals surface area contributed by atoms with Crippen LogP contribution in [0.25, 0.3) is 11.6 Å². The fourth-order valence-corrected chi connectivity index (χ4v) is 4.27. The number of benzene rings is 1. The zero-order valence-corrected chi connectivity index (χ0v) is 14.7. The monoisotopic (exact) mass is 330 g/mol. The van der Waals surface area contributed by atoms with Crippen molar-refractivity contribution >= 4 is 11.6 Å². The van der Waals surface area contributed by atoms with Crippen molar-refractivity contribution in [3.05, 3.63) is 47.0 Å². The third kappa shape index (κ3) is 3.79. The van der Waals surface area contributed by atoms with E-state index in [1.807, 2.05) is 6.08 Å². The van der Waals surface area contributed by atoms with Crippen LogP contribution in [0, 0.1) is 23.5 Å². The SMILES string of the molecule is CCC/C=C/c1ccc(C2=CCC(C3CCCC3)CC2)c(F)c1F. The molecule has 0 radical (unpaired) electrons. The smallest absolute Gasteiger partial charge is 0.166 e. The topological polar surface area (TPSA) is 0 Å². The van der Waals surface area contributed by atoms with Crippen molar-refractivity contribution in [2.75, 3.05) is 0 Å². The highest BCUT2D eigenvalue weighted by Crippen LogP contribution is 2.41. The number of halogens is 2. The predicted octanol–water partition coefficient (Wildman–Crippen LogP) is 7.15. The molecular formula is C22H28F2. The Morgan fingerprint density at radius 2 is 1.83 bits per heavy atom. The molecule has 0 spiro atoms. The molecule has 1 atom stereocenters. The summed E-state index contributed by atoms with van der Waals surface area (Å²) in [5.41, 5.74) is 1.81. The van der Waals surface area contributed by atoms with E-state index in [4.69, 9.17) is 0 Å². The molecule has 24 heavy (non-hydrogen) atoms. The van der Waals surface area contributed by atoms with Gasteiger partial charge in [-0.15, -0.1) is 0 Å². The van der Waals surface area contributed by atoms with Crippen LogP contribution in [-0.2, 0) is 0 Å². The summed E-state index contributed by atoms with van der Waals surface area (Å²) in [6, 6.07) is 3.47. The summed E-state index contributed by atoms with van der Waals surface area (Å²) < 4.78 is 28.8. The highest BCUT2D eigenvalue weighted by molar-refractivity contribution is 5.68. The summed E-state index contributed by atoms with van der Waals surface area (Å²) in [5, 5.41) is 0. The number of allylic oxidation sites excluding steroid dienone is 3. The van der Waals surface area contributed by atoms with Crippen molar-refractivity contribution in [3.63, 3.8) is 0 Å². The molecule has 0 heterocycles. The van der Waals surface area contributed by atoms with Crippen molar-refractivity contribution in [1.29, 1.82) is 0 Å². The van der Waals surface area contributed by atoms with Gasteiger partial charge in [0, 0.05) is 11.1 Å². The zero-order valence-electron chi connectivity index (χ0n) is 14.7. The number of rotatable bonds is 5. The van der Waals surface area contributed by atoms with E-state index in [1.165, 1.54) is 25.7 Å². The normalized spacial score (nSPS) is 22.3. The molecule has 2 heteroatoms. The summed E-state index contributed by atoms with van der Waals surface area (Å²) in [5.74, 6) is 0.216. The van der Waals surface area contributed by atoms with Gasteiger partial charge in [0.1, 0.15) is 0 Å². The number of hydrogen-bond acceptors (Lipinski definition) is 0. The van der Waals surface area contributed by atoms with Crippen molar-refractivity contribution < 1.29 is 8.78 Å². The second-order valence-corrected chi connectivity index (χ2v) is 7.33. The van der Waals surface area contributed by atoms with Crippen LogP contribution in [0.15, 0.2) is 24.3 Å². The average molecular weight is 330 g/mol. The van der Waals surface area contributed by atoms with Gasteiger partial charge in [0.25, 0.3) is 0 Å². The van der Waals surface area contributed by atoms with Crippen LogP contribution in [-0.4, -0.2) is 0 Å². The first-order valence-corrected chi connectivity index (χ1v) is 9.54. The Hall–Kier alpha value is -1.44. The Balaban J connectivity index is 1.74. The van der Waals surface area contributed by atoms with E-state index in [9.17, 15) is 8.78 Å². The standard InChI is InChI=1S/C22H28F2/c1-2-3-4-9-19-14-15-20(22(24)21(19)23)18-12-10-17(11-13-18)16-7-5-6-8-16/h4,9,12,14-17H,2-3,5-8,10-11,13H2,1H3/b9-4+. The first-order chi connectivity index (χ1) is 11.7. The maximum absolute atomic E-state index is 14.5. The molecular weight excluding hydrogens is 302 g/mol. The summed E-state index contributed by atoms with van der Waals surface area (Å²) >= 11 is 0. The van der Waals surface area contributed by atoms with E-state index < -0.39 is 11.6 Å². The molecule has 0 saturated heterocycles. The van der Waals surface area contributed by atoms with Gasteiger partial charge in [-0.05, 0) is 43.1 Å². The molecule has 1 unspecified atom stereocenters. The maximum atomic E-state index is 14.5. The van der Waals surface area contributed by atoms with E-state index in [0.29, 0.717) is 11.1 Å². The Labute approximate surface area is 144 Å². The van der Waals surface area contributed by atoms with Crippen molar-refractivity contribution in [1.82, 2.24) is 0 Å². The Morgan fingerprint density at radius 3 is 2.50 bits per heavy atom. The minimum absolute atomic E-state index is 0.352. The third-order valence-corrected chi connectivity index (χ3v) is 5.73. The van der Waals surface area contributed by atoms with Gasteiger partial charge in [0.2, 0.25) is 0 Å². The Morgan fingerprint density at radius 1 is 1.04 bits per heavy atom. The predicted molar refractivity (Wildman–Crippen MR) is 97.6 cm³/mol.